The highest BCUT2D eigenvalue weighted by Gasteiger charge is 2.19. The minimum Gasteiger partial charge on any atom is -0.349 e. The van der Waals surface area contributed by atoms with E-state index in [1.165, 1.54) is 0 Å². The van der Waals surface area contributed by atoms with Crippen LogP contribution in [0.4, 0.5) is 5.69 Å². The van der Waals surface area contributed by atoms with Crippen LogP contribution in [0.15, 0.2) is 18.2 Å². The highest BCUT2D eigenvalue weighted by molar-refractivity contribution is 7.92. The second kappa shape index (κ2) is 6.44. The summed E-state index contributed by atoms with van der Waals surface area (Å²) in [5, 5.41) is 6.21. The highest BCUT2D eigenvalue weighted by atomic mass is 32.2. The number of aryl methyl sites for hydroxylation is 1. The smallest absolute Gasteiger partial charge is 0.253 e. The Kier molecular flexibility index (Phi) is 4.84. The first-order valence-electron chi connectivity index (χ1n) is 6.95. The highest BCUT2D eigenvalue weighted by Crippen LogP contribution is 2.19. The molecule has 1 saturated heterocycles. The van der Waals surface area contributed by atoms with Crippen molar-refractivity contribution >= 4 is 21.6 Å². The van der Waals surface area contributed by atoms with Gasteiger partial charge in [0.1, 0.15) is 0 Å². The molecule has 0 unspecified atom stereocenters. The molecule has 7 heteroatoms. The van der Waals surface area contributed by atoms with Crippen molar-refractivity contribution in [3.63, 3.8) is 0 Å². The van der Waals surface area contributed by atoms with Gasteiger partial charge in [-0.05, 0) is 45.0 Å². The third kappa shape index (κ3) is 4.71. The standard InChI is InChI=1S/C14H21N3O3S/c1-10-3-4-13(17-21(2,19)20)12(9-10)14(18)16-11-5-7-15-8-6-11/h3-4,9,11,15,17H,5-8H2,1-2H3,(H,16,18). The number of carbonyl (C=O) groups excluding carboxylic acids is 1. The fourth-order valence-corrected chi connectivity index (χ4v) is 2.94. The molecule has 0 aromatic heterocycles. The van der Waals surface area contributed by atoms with Gasteiger partial charge in [0.2, 0.25) is 10.0 Å². The van der Waals surface area contributed by atoms with Gasteiger partial charge in [0.05, 0.1) is 17.5 Å². The Labute approximate surface area is 125 Å². The topological polar surface area (TPSA) is 87.3 Å². The van der Waals surface area contributed by atoms with Crippen LogP contribution in [0.25, 0.3) is 0 Å². The van der Waals surface area contributed by atoms with Crippen molar-refractivity contribution in [1.82, 2.24) is 10.6 Å². The number of amides is 1. The second-order valence-corrected chi connectivity index (χ2v) is 7.17. The summed E-state index contributed by atoms with van der Waals surface area (Å²) in [6, 6.07) is 5.22. The molecule has 6 nitrogen and oxygen atoms in total. The summed E-state index contributed by atoms with van der Waals surface area (Å²) in [6.45, 7) is 3.63. The van der Waals surface area contributed by atoms with E-state index < -0.39 is 10.0 Å². The summed E-state index contributed by atoms with van der Waals surface area (Å²) in [5.41, 5.74) is 1.58. The van der Waals surface area contributed by atoms with Crippen LogP contribution < -0.4 is 15.4 Å². The number of piperidine rings is 1. The van der Waals surface area contributed by atoms with E-state index in [1.54, 1.807) is 18.2 Å². The SMILES string of the molecule is Cc1ccc(NS(C)(=O)=O)c(C(=O)NC2CCNCC2)c1. The predicted molar refractivity (Wildman–Crippen MR) is 83.0 cm³/mol. The molecular weight excluding hydrogens is 290 g/mol. The van der Waals surface area contributed by atoms with Crippen LogP contribution in [0.3, 0.4) is 0 Å². The summed E-state index contributed by atoms with van der Waals surface area (Å²) in [6.07, 6.45) is 2.83. The van der Waals surface area contributed by atoms with E-state index in [0.29, 0.717) is 11.3 Å². The minimum absolute atomic E-state index is 0.130. The zero-order chi connectivity index (χ0) is 15.5. The number of sulfonamides is 1. The third-order valence-corrected chi connectivity index (χ3v) is 3.98. The Morgan fingerprint density at radius 2 is 1.95 bits per heavy atom. The first-order chi connectivity index (χ1) is 9.85. The van der Waals surface area contributed by atoms with Gasteiger partial charge < -0.3 is 10.6 Å². The maximum atomic E-state index is 12.4. The summed E-state index contributed by atoms with van der Waals surface area (Å²) in [4.78, 5) is 12.4. The number of nitrogens with one attached hydrogen (secondary N) is 3. The van der Waals surface area contributed by atoms with Crippen LogP contribution in [0, 0.1) is 6.92 Å². The van der Waals surface area contributed by atoms with E-state index in [0.717, 1.165) is 37.8 Å². The molecule has 1 heterocycles. The molecule has 0 spiro atoms. The molecule has 1 fully saturated rings. The Balaban J connectivity index is 2.20. The molecule has 1 aromatic rings. The van der Waals surface area contributed by atoms with Gasteiger partial charge in [-0.25, -0.2) is 8.42 Å². The lowest BCUT2D eigenvalue weighted by atomic mass is 10.0. The first-order valence-corrected chi connectivity index (χ1v) is 8.84. The maximum absolute atomic E-state index is 12.4. The average Bonchev–Trinajstić information content (AvgIpc) is 2.40. The molecule has 2 rings (SSSR count). The van der Waals surface area contributed by atoms with E-state index in [2.05, 4.69) is 15.4 Å². The van der Waals surface area contributed by atoms with Crippen molar-refractivity contribution < 1.29 is 13.2 Å². The summed E-state index contributed by atoms with van der Waals surface area (Å²) in [5.74, 6) is -0.239. The van der Waals surface area contributed by atoms with Gasteiger partial charge in [-0.2, -0.15) is 0 Å². The molecule has 0 bridgehead atoms. The van der Waals surface area contributed by atoms with Crippen molar-refractivity contribution in [2.24, 2.45) is 0 Å². The second-order valence-electron chi connectivity index (χ2n) is 5.42. The number of carbonyl (C=O) groups is 1. The molecule has 0 radical (unpaired) electrons. The first kappa shape index (κ1) is 15.8. The number of anilines is 1. The van der Waals surface area contributed by atoms with Gasteiger partial charge in [0, 0.05) is 6.04 Å². The largest absolute Gasteiger partial charge is 0.349 e. The molecule has 0 atom stereocenters. The van der Waals surface area contributed by atoms with E-state index in [-0.39, 0.29) is 11.9 Å². The Morgan fingerprint density at radius 3 is 2.57 bits per heavy atom. The lowest BCUT2D eigenvalue weighted by Crippen LogP contribution is -2.42. The van der Waals surface area contributed by atoms with Crippen molar-refractivity contribution in [3.05, 3.63) is 29.3 Å². The molecule has 0 aliphatic carbocycles. The van der Waals surface area contributed by atoms with Crippen LogP contribution in [0.5, 0.6) is 0 Å². The summed E-state index contributed by atoms with van der Waals surface area (Å²) in [7, 11) is -3.42. The van der Waals surface area contributed by atoms with Gasteiger partial charge in [-0.3, -0.25) is 9.52 Å². The van der Waals surface area contributed by atoms with Crippen LogP contribution in [-0.2, 0) is 10.0 Å². The van der Waals surface area contributed by atoms with Gasteiger partial charge in [0.15, 0.2) is 0 Å². The number of benzene rings is 1. The third-order valence-electron chi connectivity index (χ3n) is 3.39. The van der Waals surface area contributed by atoms with E-state index in [1.807, 2.05) is 6.92 Å². The van der Waals surface area contributed by atoms with Gasteiger partial charge in [-0.15, -0.1) is 0 Å². The molecular formula is C14H21N3O3S. The summed E-state index contributed by atoms with van der Waals surface area (Å²) >= 11 is 0. The van der Waals surface area contributed by atoms with Crippen molar-refractivity contribution in [2.75, 3.05) is 24.1 Å². The van der Waals surface area contributed by atoms with Gasteiger partial charge >= 0.3 is 0 Å². The average molecular weight is 311 g/mol. The number of hydrogen-bond donors (Lipinski definition) is 3. The lowest BCUT2D eigenvalue weighted by Gasteiger charge is -2.24. The molecule has 0 saturated carbocycles. The van der Waals surface area contributed by atoms with Crippen molar-refractivity contribution in [3.8, 4) is 0 Å². The fraction of sp³-hybridized carbons (Fsp3) is 0.500. The molecule has 116 valence electrons. The van der Waals surface area contributed by atoms with Crippen LogP contribution >= 0.6 is 0 Å². The van der Waals surface area contributed by atoms with E-state index in [9.17, 15) is 13.2 Å². The normalized spacial score (nSPS) is 16.5. The lowest BCUT2D eigenvalue weighted by molar-refractivity contribution is 0.0930. The molecule has 1 aromatic carbocycles. The fourth-order valence-electron chi connectivity index (χ4n) is 2.36. The summed E-state index contributed by atoms with van der Waals surface area (Å²) < 4.78 is 25.2. The predicted octanol–water partition coefficient (Wildman–Crippen LogP) is 0.848. The number of rotatable bonds is 4. The molecule has 3 N–H and O–H groups in total. The maximum Gasteiger partial charge on any atom is 0.253 e. The van der Waals surface area contributed by atoms with E-state index >= 15 is 0 Å². The van der Waals surface area contributed by atoms with Crippen molar-refractivity contribution in [1.29, 1.82) is 0 Å². The molecule has 1 amide bonds. The zero-order valence-electron chi connectivity index (χ0n) is 12.3. The number of hydrogen-bond acceptors (Lipinski definition) is 4. The monoisotopic (exact) mass is 311 g/mol. The minimum atomic E-state index is -3.42. The Hall–Kier alpha value is -1.60. The van der Waals surface area contributed by atoms with Crippen LogP contribution in [0.1, 0.15) is 28.8 Å². The zero-order valence-corrected chi connectivity index (χ0v) is 13.1. The Morgan fingerprint density at radius 1 is 1.29 bits per heavy atom. The quantitative estimate of drug-likeness (QED) is 0.769. The van der Waals surface area contributed by atoms with Crippen LogP contribution in [0.2, 0.25) is 0 Å². The molecule has 21 heavy (non-hydrogen) atoms. The van der Waals surface area contributed by atoms with E-state index in [4.69, 9.17) is 0 Å². The molecule has 1 aliphatic heterocycles. The van der Waals surface area contributed by atoms with Crippen LogP contribution in [-0.4, -0.2) is 39.7 Å². The van der Waals surface area contributed by atoms with Gasteiger partial charge in [-0.1, -0.05) is 11.6 Å². The van der Waals surface area contributed by atoms with Gasteiger partial charge in [0.25, 0.3) is 5.91 Å². The Bertz CT molecular complexity index is 622. The molecule has 1 aliphatic rings. The van der Waals surface area contributed by atoms with Crippen molar-refractivity contribution in [2.45, 2.75) is 25.8 Å².